The van der Waals surface area contributed by atoms with E-state index in [-0.39, 0.29) is 11.3 Å². The molecule has 0 radical (unpaired) electrons. The van der Waals surface area contributed by atoms with Crippen LogP contribution >= 0.6 is 11.6 Å². The topological polar surface area (TPSA) is 79.3 Å². The fourth-order valence-electron chi connectivity index (χ4n) is 3.63. The van der Waals surface area contributed by atoms with Crippen molar-refractivity contribution in [1.82, 2.24) is 9.80 Å². The summed E-state index contributed by atoms with van der Waals surface area (Å²) in [5.41, 5.74) is 1.06. The van der Waals surface area contributed by atoms with Crippen molar-refractivity contribution in [3.05, 3.63) is 64.2 Å². The first-order valence-electron chi connectivity index (χ1n) is 10.3. The highest BCUT2D eigenvalue weighted by Gasteiger charge is 2.45. The molecule has 0 bridgehead atoms. The van der Waals surface area contributed by atoms with Crippen molar-refractivity contribution in [3.8, 4) is 11.5 Å². The number of carbonyl (C=O) groups is 2. The number of ether oxygens (including phenoxy) is 2. The zero-order valence-electron chi connectivity index (χ0n) is 18.6. The van der Waals surface area contributed by atoms with Crippen molar-refractivity contribution in [2.75, 3.05) is 40.9 Å². The van der Waals surface area contributed by atoms with Crippen molar-refractivity contribution in [3.63, 3.8) is 0 Å². The molecule has 1 fully saturated rings. The third kappa shape index (κ3) is 4.74. The Hall–Kier alpha value is -3.03. The summed E-state index contributed by atoms with van der Waals surface area (Å²) in [5.74, 6) is -0.527. The molecule has 0 aromatic heterocycles. The van der Waals surface area contributed by atoms with E-state index in [2.05, 4.69) is 0 Å². The summed E-state index contributed by atoms with van der Waals surface area (Å²) in [6.07, 6.45) is 0. The van der Waals surface area contributed by atoms with Gasteiger partial charge in [0, 0.05) is 18.7 Å². The predicted molar refractivity (Wildman–Crippen MR) is 123 cm³/mol. The van der Waals surface area contributed by atoms with Gasteiger partial charge < -0.3 is 24.4 Å². The summed E-state index contributed by atoms with van der Waals surface area (Å²) >= 11 is 6.28. The molecular weight excluding hydrogens is 432 g/mol. The summed E-state index contributed by atoms with van der Waals surface area (Å²) in [4.78, 5) is 29.4. The van der Waals surface area contributed by atoms with E-state index in [0.29, 0.717) is 47.3 Å². The van der Waals surface area contributed by atoms with Crippen LogP contribution < -0.4 is 9.47 Å². The van der Waals surface area contributed by atoms with Gasteiger partial charge in [-0.15, -0.1) is 0 Å². The van der Waals surface area contributed by atoms with E-state index in [4.69, 9.17) is 21.1 Å². The SMILES string of the molecule is CCOc1ccc(/C(O)=C2\C(=O)C(=O)N(CCN(C)C)[C@H]2c2ccc(OC)cc2)cc1Cl. The molecule has 1 aliphatic rings. The molecule has 1 N–H and O–H groups in total. The summed E-state index contributed by atoms with van der Waals surface area (Å²) < 4.78 is 10.7. The molecule has 2 aromatic carbocycles. The third-order valence-electron chi connectivity index (χ3n) is 5.26. The highest BCUT2D eigenvalue weighted by Crippen LogP contribution is 2.40. The minimum atomic E-state index is -0.730. The monoisotopic (exact) mass is 458 g/mol. The lowest BCUT2D eigenvalue weighted by atomic mass is 9.95. The second-order valence-corrected chi connectivity index (χ2v) is 8.05. The van der Waals surface area contributed by atoms with Crippen LogP contribution in [-0.2, 0) is 9.59 Å². The number of hydrogen-bond acceptors (Lipinski definition) is 6. The average Bonchev–Trinajstić information content (AvgIpc) is 3.03. The number of ketones is 1. The van der Waals surface area contributed by atoms with E-state index in [0.717, 1.165) is 0 Å². The predicted octanol–water partition coefficient (Wildman–Crippen LogP) is 3.73. The molecule has 1 saturated heterocycles. The van der Waals surface area contributed by atoms with E-state index in [1.54, 1.807) is 43.5 Å². The molecule has 2 aromatic rings. The molecule has 8 heteroatoms. The first kappa shape index (κ1) is 23.6. The van der Waals surface area contributed by atoms with Crippen molar-refractivity contribution < 1.29 is 24.2 Å². The number of amides is 1. The zero-order chi connectivity index (χ0) is 23.4. The fraction of sp³-hybridized carbons (Fsp3) is 0.333. The molecule has 1 aliphatic heterocycles. The number of aliphatic hydroxyl groups excluding tert-OH is 1. The molecule has 0 unspecified atom stereocenters. The Labute approximate surface area is 192 Å². The fourth-order valence-corrected chi connectivity index (χ4v) is 3.86. The van der Waals surface area contributed by atoms with Crippen LogP contribution in [0.25, 0.3) is 5.76 Å². The van der Waals surface area contributed by atoms with E-state index < -0.39 is 17.7 Å². The first-order valence-corrected chi connectivity index (χ1v) is 10.7. The number of Topliss-reactive ketones (excluding diaryl/α,β-unsaturated/α-hetero) is 1. The van der Waals surface area contributed by atoms with E-state index >= 15 is 0 Å². The maximum atomic E-state index is 13.0. The normalized spacial score (nSPS) is 17.8. The first-order chi connectivity index (χ1) is 15.3. The van der Waals surface area contributed by atoms with Gasteiger partial charge in [0.25, 0.3) is 11.7 Å². The third-order valence-corrected chi connectivity index (χ3v) is 5.56. The van der Waals surface area contributed by atoms with Gasteiger partial charge in [0.2, 0.25) is 0 Å². The lowest BCUT2D eigenvalue weighted by Gasteiger charge is -2.26. The van der Waals surface area contributed by atoms with Gasteiger partial charge >= 0.3 is 0 Å². The standard InChI is InChI=1S/C24H27ClN2O5/c1-5-32-19-11-8-16(14-18(19)25)22(28)20-21(15-6-9-17(31-4)10-7-15)27(13-12-26(2)3)24(30)23(20)29/h6-11,14,21,28H,5,12-13H2,1-4H3/b22-20+/t21-/m0/s1. The van der Waals surface area contributed by atoms with E-state index in [9.17, 15) is 14.7 Å². The summed E-state index contributed by atoms with van der Waals surface area (Å²) in [5, 5.41) is 11.4. The van der Waals surface area contributed by atoms with Gasteiger partial charge in [0.1, 0.15) is 17.3 Å². The molecule has 32 heavy (non-hydrogen) atoms. The van der Waals surface area contributed by atoms with Gasteiger partial charge in [-0.1, -0.05) is 23.7 Å². The molecule has 0 saturated carbocycles. The van der Waals surface area contributed by atoms with Gasteiger partial charge in [0.05, 0.1) is 30.4 Å². The number of likely N-dealkylation sites (N-methyl/N-ethyl adjacent to an activating group) is 1. The maximum absolute atomic E-state index is 13.0. The Morgan fingerprint density at radius 2 is 1.84 bits per heavy atom. The molecule has 7 nitrogen and oxygen atoms in total. The molecule has 170 valence electrons. The molecular formula is C24H27ClN2O5. The van der Waals surface area contributed by atoms with E-state index in [1.807, 2.05) is 25.9 Å². The molecule has 1 amide bonds. The Morgan fingerprint density at radius 3 is 2.41 bits per heavy atom. The Morgan fingerprint density at radius 1 is 1.16 bits per heavy atom. The molecule has 0 spiro atoms. The zero-order valence-corrected chi connectivity index (χ0v) is 19.3. The Balaban J connectivity index is 2.12. The highest BCUT2D eigenvalue weighted by molar-refractivity contribution is 6.46. The maximum Gasteiger partial charge on any atom is 0.295 e. The largest absolute Gasteiger partial charge is 0.507 e. The molecule has 1 heterocycles. The second kappa shape index (κ2) is 10.1. The lowest BCUT2D eigenvalue weighted by Crippen LogP contribution is -2.35. The van der Waals surface area contributed by atoms with Gasteiger partial charge in [0.15, 0.2) is 0 Å². The van der Waals surface area contributed by atoms with Crippen LogP contribution in [-0.4, -0.2) is 67.5 Å². The lowest BCUT2D eigenvalue weighted by molar-refractivity contribution is -0.140. The van der Waals surface area contributed by atoms with Crippen LogP contribution in [0.5, 0.6) is 11.5 Å². The number of hydrogen-bond donors (Lipinski definition) is 1. The van der Waals surface area contributed by atoms with Crippen LogP contribution in [0.1, 0.15) is 24.1 Å². The van der Waals surface area contributed by atoms with Crippen molar-refractivity contribution >= 4 is 29.1 Å². The van der Waals surface area contributed by atoms with Gasteiger partial charge in [-0.05, 0) is 56.9 Å². The van der Waals surface area contributed by atoms with Crippen LogP contribution in [0, 0.1) is 0 Å². The van der Waals surface area contributed by atoms with Crippen molar-refractivity contribution in [1.29, 1.82) is 0 Å². The van der Waals surface area contributed by atoms with Gasteiger partial charge in [-0.3, -0.25) is 9.59 Å². The number of aliphatic hydroxyl groups is 1. The second-order valence-electron chi connectivity index (χ2n) is 7.65. The smallest absolute Gasteiger partial charge is 0.295 e. The van der Waals surface area contributed by atoms with Crippen LogP contribution in [0.2, 0.25) is 5.02 Å². The quantitative estimate of drug-likeness (QED) is 0.369. The number of carbonyl (C=O) groups excluding carboxylic acids is 2. The summed E-state index contributed by atoms with van der Waals surface area (Å²) in [7, 11) is 5.34. The molecule has 1 atom stereocenters. The number of methoxy groups -OCH3 is 1. The number of benzene rings is 2. The average molecular weight is 459 g/mol. The highest BCUT2D eigenvalue weighted by atomic mass is 35.5. The molecule has 3 rings (SSSR count). The Bertz CT molecular complexity index is 1030. The van der Waals surface area contributed by atoms with Crippen LogP contribution in [0.3, 0.4) is 0 Å². The summed E-state index contributed by atoms with van der Waals surface area (Å²) in [6.45, 7) is 3.18. The molecule has 0 aliphatic carbocycles. The van der Waals surface area contributed by atoms with Gasteiger partial charge in [-0.25, -0.2) is 0 Å². The van der Waals surface area contributed by atoms with Gasteiger partial charge in [-0.2, -0.15) is 0 Å². The van der Waals surface area contributed by atoms with E-state index in [1.165, 1.54) is 11.0 Å². The number of halogens is 1. The minimum Gasteiger partial charge on any atom is -0.507 e. The van der Waals surface area contributed by atoms with Crippen molar-refractivity contribution in [2.45, 2.75) is 13.0 Å². The minimum absolute atomic E-state index is 0.0270. The van der Waals surface area contributed by atoms with Crippen molar-refractivity contribution in [2.24, 2.45) is 0 Å². The van der Waals surface area contributed by atoms with Crippen LogP contribution in [0.15, 0.2) is 48.0 Å². The van der Waals surface area contributed by atoms with Crippen LogP contribution in [0.4, 0.5) is 0 Å². The Kier molecular flexibility index (Phi) is 7.43. The summed E-state index contributed by atoms with van der Waals surface area (Å²) in [6, 6.07) is 11.1. The number of rotatable bonds is 8. The number of likely N-dealkylation sites (tertiary alicyclic amines) is 1. The number of nitrogens with zero attached hydrogens (tertiary/aromatic N) is 2.